The van der Waals surface area contributed by atoms with Crippen molar-refractivity contribution in [2.45, 2.75) is 6.42 Å². The summed E-state index contributed by atoms with van der Waals surface area (Å²) in [6.07, 6.45) is 3.03. The molecule has 1 aromatic heterocycles. The van der Waals surface area contributed by atoms with Gasteiger partial charge in [0.2, 0.25) is 11.7 Å². The lowest BCUT2D eigenvalue weighted by Gasteiger charge is -2.09. The van der Waals surface area contributed by atoms with Crippen molar-refractivity contribution in [2.24, 2.45) is 5.10 Å². The van der Waals surface area contributed by atoms with Crippen molar-refractivity contribution in [3.63, 3.8) is 0 Å². The standard InChI is InChI=1S/C22H20N2O6/c1-27-18-10-7-16(12-20(18)28-2)13-21(25)24-23-14-15-5-8-17(9-6-15)30-22(26)19-4-3-11-29-19/h3-12,14H,13H2,1-2H3,(H,24,25)/b23-14+. The molecule has 0 saturated heterocycles. The Hall–Kier alpha value is -4.07. The van der Waals surface area contributed by atoms with Gasteiger partial charge in [0, 0.05) is 0 Å². The first kappa shape index (κ1) is 20.7. The molecule has 8 heteroatoms. The normalized spacial score (nSPS) is 10.6. The third-order valence-electron chi connectivity index (χ3n) is 4.03. The molecule has 30 heavy (non-hydrogen) atoms. The largest absolute Gasteiger partial charge is 0.493 e. The second-order valence-corrected chi connectivity index (χ2v) is 6.10. The Balaban J connectivity index is 1.51. The Morgan fingerprint density at radius 3 is 2.47 bits per heavy atom. The van der Waals surface area contributed by atoms with E-state index in [1.165, 1.54) is 25.7 Å². The van der Waals surface area contributed by atoms with Crippen molar-refractivity contribution in [3.05, 3.63) is 77.7 Å². The zero-order chi connectivity index (χ0) is 21.3. The van der Waals surface area contributed by atoms with Gasteiger partial charge in [-0.3, -0.25) is 4.79 Å². The third kappa shape index (κ3) is 5.48. The molecule has 8 nitrogen and oxygen atoms in total. The molecule has 154 valence electrons. The molecule has 0 fully saturated rings. The van der Waals surface area contributed by atoms with E-state index in [2.05, 4.69) is 10.5 Å². The summed E-state index contributed by atoms with van der Waals surface area (Å²) in [7, 11) is 3.09. The predicted molar refractivity (Wildman–Crippen MR) is 109 cm³/mol. The van der Waals surface area contributed by atoms with Crippen LogP contribution in [0.5, 0.6) is 17.2 Å². The Bertz CT molecular complexity index is 1030. The number of furan rings is 1. The number of hydrogen-bond donors (Lipinski definition) is 1. The van der Waals surface area contributed by atoms with Crippen molar-refractivity contribution < 1.29 is 28.2 Å². The fraction of sp³-hybridized carbons (Fsp3) is 0.136. The Kier molecular flexibility index (Phi) is 6.83. The highest BCUT2D eigenvalue weighted by molar-refractivity contribution is 5.88. The van der Waals surface area contributed by atoms with E-state index in [1.807, 2.05) is 0 Å². The van der Waals surface area contributed by atoms with Crippen LogP contribution in [0.3, 0.4) is 0 Å². The Morgan fingerprint density at radius 1 is 1.03 bits per heavy atom. The number of carbonyl (C=O) groups excluding carboxylic acids is 2. The van der Waals surface area contributed by atoms with Gasteiger partial charge in [-0.2, -0.15) is 5.10 Å². The molecule has 3 rings (SSSR count). The van der Waals surface area contributed by atoms with Crippen LogP contribution in [0.2, 0.25) is 0 Å². The Morgan fingerprint density at radius 2 is 1.80 bits per heavy atom. The number of benzene rings is 2. The van der Waals surface area contributed by atoms with Gasteiger partial charge >= 0.3 is 5.97 Å². The number of methoxy groups -OCH3 is 2. The van der Waals surface area contributed by atoms with Gasteiger partial charge < -0.3 is 18.6 Å². The van der Waals surface area contributed by atoms with Crippen molar-refractivity contribution in [1.82, 2.24) is 5.43 Å². The summed E-state index contributed by atoms with van der Waals surface area (Å²) < 4.78 is 20.6. The molecular formula is C22H20N2O6. The summed E-state index contributed by atoms with van der Waals surface area (Å²) >= 11 is 0. The van der Waals surface area contributed by atoms with Crippen LogP contribution in [-0.4, -0.2) is 32.3 Å². The number of hydrazone groups is 1. The van der Waals surface area contributed by atoms with Crippen LogP contribution < -0.4 is 19.6 Å². The molecule has 1 N–H and O–H groups in total. The highest BCUT2D eigenvalue weighted by atomic mass is 16.5. The van der Waals surface area contributed by atoms with E-state index < -0.39 is 5.97 Å². The lowest BCUT2D eigenvalue weighted by atomic mass is 10.1. The lowest BCUT2D eigenvalue weighted by molar-refractivity contribution is -0.120. The molecule has 1 heterocycles. The predicted octanol–water partition coefficient (Wildman–Crippen LogP) is 3.21. The number of hydrogen-bond acceptors (Lipinski definition) is 7. The number of nitrogens with zero attached hydrogens (tertiary/aromatic N) is 1. The van der Waals surface area contributed by atoms with E-state index in [-0.39, 0.29) is 18.1 Å². The van der Waals surface area contributed by atoms with Gasteiger partial charge in [-0.05, 0) is 59.7 Å². The monoisotopic (exact) mass is 408 g/mol. The SMILES string of the molecule is COc1ccc(CC(=O)N/N=C/c2ccc(OC(=O)c3ccco3)cc2)cc1OC. The van der Waals surface area contributed by atoms with E-state index >= 15 is 0 Å². The van der Waals surface area contributed by atoms with Crippen molar-refractivity contribution in [2.75, 3.05) is 14.2 Å². The highest BCUT2D eigenvalue weighted by Crippen LogP contribution is 2.27. The van der Waals surface area contributed by atoms with E-state index in [9.17, 15) is 9.59 Å². The number of ether oxygens (including phenoxy) is 3. The maximum absolute atomic E-state index is 12.1. The van der Waals surface area contributed by atoms with Crippen LogP contribution in [0.1, 0.15) is 21.7 Å². The van der Waals surface area contributed by atoms with E-state index in [4.69, 9.17) is 18.6 Å². The maximum Gasteiger partial charge on any atom is 0.379 e. The molecule has 0 atom stereocenters. The average molecular weight is 408 g/mol. The second-order valence-electron chi connectivity index (χ2n) is 6.10. The molecule has 3 aromatic rings. The van der Waals surface area contributed by atoms with E-state index in [1.54, 1.807) is 55.6 Å². The van der Waals surface area contributed by atoms with Crippen molar-refractivity contribution in [3.8, 4) is 17.2 Å². The van der Waals surface area contributed by atoms with Gasteiger partial charge in [0.15, 0.2) is 11.5 Å². The molecule has 0 unspecified atom stereocenters. The van der Waals surface area contributed by atoms with E-state index in [0.29, 0.717) is 17.2 Å². The zero-order valence-electron chi connectivity index (χ0n) is 16.5. The maximum atomic E-state index is 12.1. The van der Waals surface area contributed by atoms with Gasteiger partial charge in [-0.15, -0.1) is 0 Å². The third-order valence-corrected chi connectivity index (χ3v) is 4.03. The van der Waals surface area contributed by atoms with Crippen LogP contribution in [0.15, 0.2) is 70.4 Å². The van der Waals surface area contributed by atoms with E-state index in [0.717, 1.165) is 11.1 Å². The quantitative estimate of drug-likeness (QED) is 0.266. The first-order valence-electron chi connectivity index (χ1n) is 8.97. The van der Waals surface area contributed by atoms with Crippen molar-refractivity contribution in [1.29, 1.82) is 0 Å². The smallest absolute Gasteiger partial charge is 0.379 e. The minimum atomic E-state index is -0.580. The second kappa shape index (κ2) is 9.92. The number of nitrogens with one attached hydrogen (secondary N) is 1. The summed E-state index contributed by atoms with van der Waals surface area (Å²) in [6, 6.07) is 15.0. The molecule has 1 amide bonds. The topological polar surface area (TPSA) is 99.4 Å². The summed E-state index contributed by atoms with van der Waals surface area (Å²) in [4.78, 5) is 23.9. The summed E-state index contributed by atoms with van der Waals surface area (Å²) in [6.45, 7) is 0. The van der Waals surface area contributed by atoms with Crippen LogP contribution in [0.4, 0.5) is 0 Å². The number of esters is 1. The van der Waals surface area contributed by atoms with Crippen LogP contribution in [0, 0.1) is 0 Å². The minimum absolute atomic E-state index is 0.123. The molecular weight excluding hydrogens is 388 g/mol. The average Bonchev–Trinajstić information content (AvgIpc) is 3.30. The molecule has 0 bridgehead atoms. The van der Waals surface area contributed by atoms with Crippen LogP contribution in [-0.2, 0) is 11.2 Å². The fourth-order valence-electron chi connectivity index (χ4n) is 2.57. The van der Waals surface area contributed by atoms with Gasteiger partial charge in [-0.1, -0.05) is 6.07 Å². The molecule has 2 aromatic carbocycles. The van der Waals surface area contributed by atoms with Crippen LogP contribution >= 0.6 is 0 Å². The fourth-order valence-corrected chi connectivity index (χ4v) is 2.57. The van der Waals surface area contributed by atoms with Gasteiger partial charge in [0.25, 0.3) is 0 Å². The summed E-state index contributed by atoms with van der Waals surface area (Å²) in [5.41, 5.74) is 3.96. The molecule has 0 aliphatic carbocycles. The molecule has 0 spiro atoms. The van der Waals surface area contributed by atoms with Gasteiger partial charge in [-0.25, -0.2) is 10.2 Å². The van der Waals surface area contributed by atoms with Gasteiger partial charge in [0.1, 0.15) is 5.75 Å². The van der Waals surface area contributed by atoms with Crippen LogP contribution in [0.25, 0.3) is 0 Å². The molecule has 0 aliphatic rings. The Labute approximate surface area is 173 Å². The minimum Gasteiger partial charge on any atom is -0.493 e. The zero-order valence-corrected chi connectivity index (χ0v) is 16.5. The van der Waals surface area contributed by atoms with Gasteiger partial charge in [0.05, 0.1) is 33.1 Å². The molecule has 0 saturated carbocycles. The first-order chi connectivity index (χ1) is 14.6. The number of amides is 1. The van der Waals surface area contributed by atoms with Crippen molar-refractivity contribution >= 4 is 18.1 Å². The first-order valence-corrected chi connectivity index (χ1v) is 8.97. The summed E-state index contributed by atoms with van der Waals surface area (Å²) in [5, 5.41) is 3.94. The molecule has 0 aliphatic heterocycles. The lowest BCUT2D eigenvalue weighted by Crippen LogP contribution is -2.19. The molecule has 0 radical (unpaired) electrons. The number of carbonyl (C=O) groups is 2. The summed E-state index contributed by atoms with van der Waals surface area (Å²) in [5.74, 6) is 0.785. The highest BCUT2D eigenvalue weighted by Gasteiger charge is 2.11. The number of rotatable bonds is 8.